The van der Waals surface area contributed by atoms with Crippen molar-refractivity contribution in [3.8, 4) is 5.75 Å². The molecule has 10 heteroatoms. The van der Waals surface area contributed by atoms with Crippen LogP contribution in [0.1, 0.15) is 56.0 Å². The Morgan fingerprint density at radius 2 is 1.98 bits per heavy atom. The molecule has 1 spiro atoms. The van der Waals surface area contributed by atoms with Crippen molar-refractivity contribution in [3.05, 3.63) is 66.2 Å². The summed E-state index contributed by atoms with van der Waals surface area (Å²) in [4.78, 5) is 44.0. The lowest BCUT2D eigenvalue weighted by Gasteiger charge is -2.32. The summed E-state index contributed by atoms with van der Waals surface area (Å²) in [6.07, 6.45) is 2.10. The second kappa shape index (κ2) is 11.7. The van der Waals surface area contributed by atoms with E-state index < -0.39 is 29.2 Å². The van der Waals surface area contributed by atoms with E-state index in [2.05, 4.69) is 11.9 Å². The summed E-state index contributed by atoms with van der Waals surface area (Å²) < 4.78 is 27.8. The van der Waals surface area contributed by atoms with Crippen LogP contribution in [0.3, 0.4) is 0 Å². The number of anilines is 2. The van der Waals surface area contributed by atoms with Crippen molar-refractivity contribution in [2.75, 3.05) is 37.0 Å². The van der Waals surface area contributed by atoms with Gasteiger partial charge in [-0.1, -0.05) is 13.0 Å². The van der Waals surface area contributed by atoms with Gasteiger partial charge < -0.3 is 29.7 Å². The van der Waals surface area contributed by atoms with Crippen LogP contribution in [0, 0.1) is 11.8 Å². The number of likely N-dealkylation sites (tertiary alicyclic amines) is 1. The molecule has 3 amide bonds. The van der Waals surface area contributed by atoms with E-state index in [1.807, 2.05) is 0 Å². The third-order valence-electron chi connectivity index (χ3n) is 9.17. The summed E-state index contributed by atoms with van der Waals surface area (Å²) >= 11 is 0. The van der Waals surface area contributed by atoms with Crippen molar-refractivity contribution < 1.29 is 33.4 Å². The van der Waals surface area contributed by atoms with Gasteiger partial charge in [-0.25, -0.2) is 4.39 Å². The number of alkyl halides is 1. The summed E-state index contributed by atoms with van der Waals surface area (Å²) in [7, 11) is 1.55. The fraction of sp³-hybridized carbons (Fsp3) is 0.485. The van der Waals surface area contributed by atoms with Gasteiger partial charge in [0.25, 0.3) is 11.8 Å². The Bertz CT molecular complexity index is 1410. The molecule has 0 aromatic heterocycles. The number of methoxy groups -OCH3 is 1. The molecular formula is C33H40FN3O6. The number of rotatable bonds is 9. The van der Waals surface area contributed by atoms with Gasteiger partial charge >= 0.3 is 0 Å². The fourth-order valence-corrected chi connectivity index (χ4v) is 7.22. The minimum atomic E-state index is -1.78. The smallest absolute Gasteiger partial charge is 0.264 e. The molecule has 43 heavy (non-hydrogen) atoms. The topological polar surface area (TPSA) is 108 Å². The van der Waals surface area contributed by atoms with Crippen LogP contribution in [-0.2, 0) is 19.9 Å². The highest BCUT2D eigenvalue weighted by atomic mass is 19.1. The number of fused-ring (bicyclic) bond motifs is 2. The van der Waals surface area contributed by atoms with Crippen LogP contribution in [0.15, 0.2) is 55.1 Å². The number of ether oxygens (including phenoxy) is 2. The Labute approximate surface area is 251 Å². The zero-order chi connectivity index (χ0) is 31.1. The third kappa shape index (κ3) is 5.31. The van der Waals surface area contributed by atoms with E-state index in [-0.39, 0.29) is 43.3 Å². The molecule has 0 radical (unpaired) electrons. The van der Waals surface area contributed by atoms with Crippen molar-refractivity contribution >= 4 is 29.1 Å². The molecule has 3 heterocycles. The number of benzene rings is 2. The van der Waals surface area contributed by atoms with Crippen LogP contribution in [-0.4, -0.2) is 72.3 Å². The number of hydrogen-bond acceptors (Lipinski definition) is 6. The molecule has 0 unspecified atom stereocenters. The minimum absolute atomic E-state index is 0.113. The number of aliphatic hydroxyl groups is 1. The maximum absolute atomic E-state index is 16.0. The van der Waals surface area contributed by atoms with E-state index in [9.17, 15) is 19.5 Å². The highest BCUT2D eigenvalue weighted by Gasteiger charge is 2.66. The maximum atomic E-state index is 16.0. The van der Waals surface area contributed by atoms with E-state index >= 15 is 4.39 Å². The number of aliphatic hydroxyl groups excluding tert-OH is 1. The molecule has 2 aromatic carbocycles. The van der Waals surface area contributed by atoms with E-state index in [0.717, 1.165) is 6.42 Å². The van der Waals surface area contributed by atoms with Gasteiger partial charge in [-0.3, -0.25) is 14.4 Å². The van der Waals surface area contributed by atoms with Crippen molar-refractivity contribution in [2.45, 2.75) is 63.4 Å². The lowest BCUT2D eigenvalue weighted by atomic mass is 9.71. The Morgan fingerprint density at radius 3 is 2.60 bits per heavy atom. The summed E-state index contributed by atoms with van der Waals surface area (Å²) in [5, 5.41) is 12.7. The Hall–Kier alpha value is -3.76. The lowest BCUT2D eigenvalue weighted by Crippen LogP contribution is -2.45. The monoisotopic (exact) mass is 593 g/mol. The summed E-state index contributed by atoms with van der Waals surface area (Å²) in [5.41, 5.74) is -1.38. The van der Waals surface area contributed by atoms with E-state index in [0.29, 0.717) is 41.2 Å². The molecule has 230 valence electrons. The zero-order valence-electron chi connectivity index (χ0n) is 25.1. The summed E-state index contributed by atoms with van der Waals surface area (Å²) in [6, 6.07) is 11.6. The van der Waals surface area contributed by atoms with Gasteiger partial charge in [-0.2, -0.15) is 0 Å². The van der Waals surface area contributed by atoms with Crippen molar-refractivity contribution in [3.63, 3.8) is 0 Å². The molecule has 3 aliphatic rings. The van der Waals surface area contributed by atoms with Crippen LogP contribution in [0.5, 0.6) is 5.75 Å². The second-order valence-electron chi connectivity index (χ2n) is 12.2. The molecule has 2 aromatic rings. The SMILES string of the molecule is C=CCN1C(=O)[C@@]2(O[C@@H](CC(=O)N3CCC[C@H]3CO)[C@H](C(C)(C)F)[C@H]2C)c2cc(NC(=O)c3ccc(OC)cc3)ccc21. The van der Waals surface area contributed by atoms with Crippen molar-refractivity contribution in [1.29, 1.82) is 0 Å². The Kier molecular flexibility index (Phi) is 8.37. The van der Waals surface area contributed by atoms with Crippen LogP contribution in [0.25, 0.3) is 0 Å². The first-order valence-electron chi connectivity index (χ1n) is 14.8. The molecule has 0 bridgehead atoms. The number of amides is 3. The van der Waals surface area contributed by atoms with Crippen LogP contribution in [0.4, 0.5) is 15.8 Å². The van der Waals surface area contributed by atoms with Gasteiger partial charge in [0, 0.05) is 41.7 Å². The number of nitrogens with zero attached hydrogens (tertiary/aromatic N) is 2. The normalized spacial score (nSPS) is 26.6. The molecule has 2 fully saturated rings. The predicted octanol–water partition coefficient (Wildman–Crippen LogP) is 4.45. The zero-order valence-corrected chi connectivity index (χ0v) is 25.1. The van der Waals surface area contributed by atoms with Crippen molar-refractivity contribution in [1.82, 2.24) is 4.90 Å². The van der Waals surface area contributed by atoms with Gasteiger partial charge in [0.1, 0.15) is 11.4 Å². The molecule has 5 atom stereocenters. The average molecular weight is 594 g/mol. The highest BCUT2D eigenvalue weighted by Crippen LogP contribution is 2.58. The number of carbonyl (C=O) groups excluding carboxylic acids is 3. The summed E-state index contributed by atoms with van der Waals surface area (Å²) in [6.45, 7) is 9.10. The van der Waals surface area contributed by atoms with Gasteiger partial charge in [0.05, 0.1) is 38.0 Å². The first-order chi connectivity index (χ1) is 20.5. The largest absolute Gasteiger partial charge is 0.497 e. The predicted molar refractivity (Wildman–Crippen MR) is 161 cm³/mol. The number of carbonyl (C=O) groups is 3. The van der Waals surface area contributed by atoms with Gasteiger partial charge in [-0.15, -0.1) is 6.58 Å². The molecule has 0 saturated carbocycles. The van der Waals surface area contributed by atoms with E-state index in [1.165, 1.54) is 13.8 Å². The Balaban J connectivity index is 1.51. The van der Waals surface area contributed by atoms with Gasteiger partial charge in [0.15, 0.2) is 5.60 Å². The molecular weight excluding hydrogens is 553 g/mol. The van der Waals surface area contributed by atoms with Crippen LogP contribution in [0.2, 0.25) is 0 Å². The minimum Gasteiger partial charge on any atom is -0.497 e. The lowest BCUT2D eigenvalue weighted by molar-refractivity contribution is -0.150. The fourth-order valence-electron chi connectivity index (χ4n) is 7.22. The van der Waals surface area contributed by atoms with Crippen molar-refractivity contribution in [2.24, 2.45) is 11.8 Å². The molecule has 2 N–H and O–H groups in total. The van der Waals surface area contributed by atoms with Gasteiger partial charge in [-0.05, 0) is 69.2 Å². The van der Waals surface area contributed by atoms with Crippen LogP contribution < -0.4 is 15.0 Å². The Morgan fingerprint density at radius 1 is 1.26 bits per heavy atom. The first-order valence-corrected chi connectivity index (χ1v) is 14.8. The number of nitrogens with one attached hydrogen (secondary N) is 1. The molecule has 5 rings (SSSR count). The number of halogens is 1. The molecule has 2 saturated heterocycles. The molecule has 3 aliphatic heterocycles. The standard InChI is InChI=1S/C33H40FN3O6/c1-6-15-37-26-14-11-22(35-30(40)21-9-12-24(42-5)13-10-21)17-25(26)33(31(37)41)20(2)29(32(3,4)34)27(43-33)18-28(39)36-16-7-8-23(36)19-38/h6,9-14,17,20,23,27,29,38H,1,7-8,15-16,18-19H2,2-5H3,(H,35,40)/t20-,23+,27+,29-,33+/m1/s1. The maximum Gasteiger partial charge on any atom is 0.264 e. The quantitative estimate of drug-likeness (QED) is 0.416. The van der Waals surface area contributed by atoms with E-state index in [4.69, 9.17) is 9.47 Å². The first kappa shape index (κ1) is 30.7. The van der Waals surface area contributed by atoms with Gasteiger partial charge in [0.2, 0.25) is 5.91 Å². The van der Waals surface area contributed by atoms with Crippen LogP contribution >= 0.6 is 0 Å². The number of hydrogen-bond donors (Lipinski definition) is 2. The average Bonchev–Trinajstić information content (AvgIpc) is 3.63. The highest BCUT2D eigenvalue weighted by molar-refractivity contribution is 6.09. The second-order valence-corrected chi connectivity index (χ2v) is 12.2. The van der Waals surface area contributed by atoms with E-state index in [1.54, 1.807) is 72.4 Å². The molecule has 9 nitrogen and oxygen atoms in total. The third-order valence-corrected chi connectivity index (χ3v) is 9.17. The summed E-state index contributed by atoms with van der Waals surface area (Å²) in [5.74, 6) is -1.74. The molecule has 0 aliphatic carbocycles.